The first-order valence-corrected chi connectivity index (χ1v) is 6.96. The van der Waals surface area contributed by atoms with Crippen LogP contribution in [0.15, 0.2) is 21.2 Å². The lowest BCUT2D eigenvalue weighted by Crippen LogP contribution is -2.48. The summed E-state index contributed by atoms with van der Waals surface area (Å²) in [6.07, 6.45) is 0.197. The van der Waals surface area contributed by atoms with Crippen LogP contribution in [0, 0.1) is 0 Å². The summed E-state index contributed by atoms with van der Waals surface area (Å²) in [5.74, 6) is -0.712. The summed E-state index contributed by atoms with van der Waals surface area (Å²) in [6.45, 7) is 2.71. The zero-order valence-electron chi connectivity index (χ0n) is 10.7. The van der Waals surface area contributed by atoms with E-state index in [1.54, 1.807) is 6.07 Å². The van der Waals surface area contributed by atoms with Gasteiger partial charge >= 0.3 is 0 Å². The van der Waals surface area contributed by atoms with Gasteiger partial charge < -0.3 is 9.15 Å². The van der Waals surface area contributed by atoms with E-state index < -0.39 is 5.91 Å². The van der Waals surface area contributed by atoms with Gasteiger partial charge in [0.1, 0.15) is 0 Å². The van der Waals surface area contributed by atoms with E-state index in [4.69, 9.17) is 21.4 Å². The summed E-state index contributed by atoms with van der Waals surface area (Å²) in [5, 5.41) is 2.32. The van der Waals surface area contributed by atoms with Crippen LogP contribution in [0.1, 0.15) is 23.9 Å². The summed E-state index contributed by atoms with van der Waals surface area (Å²) >= 11 is 7.93. The SMILES string of the molecule is CCOCCC(=O)NNC(=S)NC(=O)c1ccc(Br)o1. The number of amides is 2. The molecule has 7 nitrogen and oxygen atoms in total. The van der Waals surface area contributed by atoms with Gasteiger partial charge in [0.05, 0.1) is 13.0 Å². The smallest absolute Gasteiger partial charge is 0.293 e. The molecule has 0 bridgehead atoms. The summed E-state index contributed by atoms with van der Waals surface area (Å²) < 4.78 is 10.5. The molecule has 0 unspecified atom stereocenters. The van der Waals surface area contributed by atoms with E-state index in [-0.39, 0.29) is 23.2 Å². The van der Waals surface area contributed by atoms with Crippen LogP contribution < -0.4 is 16.2 Å². The van der Waals surface area contributed by atoms with E-state index >= 15 is 0 Å². The molecule has 110 valence electrons. The number of hydrogen-bond donors (Lipinski definition) is 3. The van der Waals surface area contributed by atoms with Crippen molar-refractivity contribution in [3.63, 3.8) is 0 Å². The second-order valence-corrected chi connectivity index (χ2v) is 4.70. The molecule has 0 fully saturated rings. The number of carbonyl (C=O) groups excluding carboxylic acids is 2. The molecule has 3 N–H and O–H groups in total. The molecule has 0 spiro atoms. The molecule has 20 heavy (non-hydrogen) atoms. The number of hydrogen-bond acceptors (Lipinski definition) is 5. The standard InChI is InChI=1S/C11H14BrN3O4S/c1-2-18-6-5-9(16)14-15-11(20)13-10(17)7-3-4-8(12)19-7/h3-4H,2,5-6H2,1H3,(H,14,16)(H2,13,15,17,20). The highest BCUT2D eigenvalue weighted by Gasteiger charge is 2.12. The van der Waals surface area contributed by atoms with Gasteiger partial charge in [0, 0.05) is 6.61 Å². The second-order valence-electron chi connectivity index (χ2n) is 3.51. The molecule has 0 radical (unpaired) electrons. The Hall–Kier alpha value is -1.45. The van der Waals surface area contributed by atoms with Crippen LogP contribution in [0.4, 0.5) is 0 Å². The highest BCUT2D eigenvalue weighted by atomic mass is 79.9. The van der Waals surface area contributed by atoms with Gasteiger partial charge in [-0.3, -0.25) is 25.8 Å². The molecule has 0 aliphatic heterocycles. The van der Waals surface area contributed by atoms with Crippen molar-refractivity contribution in [1.29, 1.82) is 0 Å². The maximum absolute atomic E-state index is 11.6. The zero-order valence-corrected chi connectivity index (χ0v) is 13.1. The maximum Gasteiger partial charge on any atom is 0.293 e. The quantitative estimate of drug-likeness (QED) is 0.412. The van der Waals surface area contributed by atoms with E-state index in [1.807, 2.05) is 6.92 Å². The molecule has 0 aromatic carbocycles. The lowest BCUT2D eigenvalue weighted by Gasteiger charge is -2.09. The second kappa shape index (κ2) is 8.67. The summed E-state index contributed by atoms with van der Waals surface area (Å²) in [5.41, 5.74) is 4.75. The predicted molar refractivity (Wildman–Crippen MR) is 78.9 cm³/mol. The Kier molecular flexibility index (Phi) is 7.20. The third-order valence-corrected chi connectivity index (χ3v) is 2.65. The van der Waals surface area contributed by atoms with Gasteiger partial charge in [0.2, 0.25) is 5.91 Å². The maximum atomic E-state index is 11.6. The van der Waals surface area contributed by atoms with Crippen LogP contribution in [0.25, 0.3) is 0 Å². The fraction of sp³-hybridized carbons (Fsp3) is 0.364. The Morgan fingerprint density at radius 3 is 2.75 bits per heavy atom. The molecule has 0 aliphatic rings. The number of furan rings is 1. The summed E-state index contributed by atoms with van der Waals surface area (Å²) in [4.78, 5) is 23.0. The third-order valence-electron chi connectivity index (χ3n) is 2.02. The van der Waals surface area contributed by atoms with Crippen molar-refractivity contribution in [1.82, 2.24) is 16.2 Å². The number of ether oxygens (including phenoxy) is 1. The first-order valence-electron chi connectivity index (χ1n) is 5.76. The number of rotatable bonds is 5. The van der Waals surface area contributed by atoms with E-state index in [1.165, 1.54) is 6.07 Å². The third kappa shape index (κ3) is 6.13. The van der Waals surface area contributed by atoms with Crippen LogP contribution in [0.5, 0.6) is 0 Å². The normalized spacial score (nSPS) is 9.90. The number of thiocarbonyl (C=S) groups is 1. The van der Waals surface area contributed by atoms with Crippen molar-refractivity contribution in [3.8, 4) is 0 Å². The highest BCUT2D eigenvalue weighted by Crippen LogP contribution is 2.13. The van der Waals surface area contributed by atoms with Crippen molar-refractivity contribution in [2.45, 2.75) is 13.3 Å². The first kappa shape index (κ1) is 16.6. The minimum atomic E-state index is -0.517. The number of nitrogens with one attached hydrogen (secondary N) is 3. The van der Waals surface area contributed by atoms with Crippen LogP contribution >= 0.6 is 28.1 Å². The Balaban J connectivity index is 2.26. The lowest BCUT2D eigenvalue weighted by atomic mass is 10.4. The van der Waals surface area contributed by atoms with Gasteiger partial charge in [-0.2, -0.15) is 0 Å². The van der Waals surface area contributed by atoms with E-state index in [2.05, 4.69) is 32.1 Å². The monoisotopic (exact) mass is 363 g/mol. The number of hydrazine groups is 1. The van der Waals surface area contributed by atoms with E-state index in [0.717, 1.165) is 0 Å². The average molecular weight is 364 g/mol. The van der Waals surface area contributed by atoms with Gasteiger partial charge in [-0.05, 0) is 47.2 Å². The number of halogens is 1. The van der Waals surface area contributed by atoms with Gasteiger partial charge in [0.15, 0.2) is 15.5 Å². The molecule has 0 saturated heterocycles. The molecule has 0 aliphatic carbocycles. The Morgan fingerprint density at radius 1 is 1.40 bits per heavy atom. The molecule has 0 saturated carbocycles. The molecule has 2 amide bonds. The van der Waals surface area contributed by atoms with E-state index in [9.17, 15) is 9.59 Å². The fourth-order valence-corrected chi connectivity index (χ4v) is 1.58. The van der Waals surface area contributed by atoms with Crippen molar-refractivity contribution >= 4 is 45.1 Å². The molecule has 1 heterocycles. The van der Waals surface area contributed by atoms with Crippen molar-refractivity contribution in [2.75, 3.05) is 13.2 Å². The fourth-order valence-electron chi connectivity index (χ4n) is 1.13. The minimum Gasteiger partial charge on any atom is -0.444 e. The molecule has 1 aromatic rings. The van der Waals surface area contributed by atoms with Crippen LogP contribution in [0.3, 0.4) is 0 Å². The van der Waals surface area contributed by atoms with Crippen LogP contribution in [0.2, 0.25) is 0 Å². The molecular formula is C11H14BrN3O4S. The van der Waals surface area contributed by atoms with Gasteiger partial charge in [-0.1, -0.05) is 0 Å². The predicted octanol–water partition coefficient (Wildman–Crippen LogP) is 1.10. The lowest BCUT2D eigenvalue weighted by molar-refractivity contribution is -0.122. The topological polar surface area (TPSA) is 92.6 Å². The van der Waals surface area contributed by atoms with Crippen LogP contribution in [-0.2, 0) is 9.53 Å². The van der Waals surface area contributed by atoms with Crippen molar-refractivity contribution < 1.29 is 18.7 Å². The summed E-state index contributed by atoms with van der Waals surface area (Å²) in [6, 6.07) is 3.07. The van der Waals surface area contributed by atoms with Crippen molar-refractivity contribution in [3.05, 3.63) is 22.6 Å². The highest BCUT2D eigenvalue weighted by molar-refractivity contribution is 9.10. The number of carbonyl (C=O) groups is 2. The Morgan fingerprint density at radius 2 is 2.15 bits per heavy atom. The molecule has 0 atom stereocenters. The van der Waals surface area contributed by atoms with Gasteiger partial charge in [0.25, 0.3) is 5.91 Å². The molecule has 1 aromatic heterocycles. The van der Waals surface area contributed by atoms with Crippen molar-refractivity contribution in [2.24, 2.45) is 0 Å². The Bertz CT molecular complexity index is 492. The van der Waals surface area contributed by atoms with Gasteiger partial charge in [-0.15, -0.1) is 0 Å². The first-order chi connectivity index (χ1) is 9.52. The van der Waals surface area contributed by atoms with Gasteiger partial charge in [-0.25, -0.2) is 0 Å². The molecule has 1 rings (SSSR count). The average Bonchev–Trinajstić information content (AvgIpc) is 2.83. The van der Waals surface area contributed by atoms with Crippen LogP contribution in [-0.4, -0.2) is 30.1 Å². The minimum absolute atomic E-state index is 0.0349. The van der Waals surface area contributed by atoms with E-state index in [0.29, 0.717) is 17.9 Å². The molecular weight excluding hydrogens is 350 g/mol. The summed E-state index contributed by atoms with van der Waals surface area (Å²) in [7, 11) is 0. The Labute approximate surface area is 129 Å². The molecule has 9 heteroatoms. The largest absolute Gasteiger partial charge is 0.444 e. The zero-order chi connectivity index (χ0) is 15.0.